The van der Waals surface area contributed by atoms with Crippen molar-refractivity contribution >= 4 is 17.2 Å². The second kappa shape index (κ2) is 4.11. The minimum atomic E-state index is 0.0735. The van der Waals surface area contributed by atoms with Crippen molar-refractivity contribution in [1.29, 1.82) is 0 Å². The molecule has 0 radical (unpaired) electrons. The highest BCUT2D eigenvalue weighted by molar-refractivity contribution is 7.12. The fraction of sp³-hybridized carbons (Fsp3) is 0.500. The van der Waals surface area contributed by atoms with E-state index in [2.05, 4.69) is 10.6 Å². The minimum absolute atomic E-state index is 0.0735. The van der Waals surface area contributed by atoms with Gasteiger partial charge in [0.05, 0.1) is 4.88 Å². The molecule has 0 atom stereocenters. The Kier molecular flexibility index (Phi) is 2.84. The average Bonchev–Trinajstić information content (AvgIpc) is 2.48. The topological polar surface area (TPSA) is 41.1 Å². The zero-order valence-corrected chi connectivity index (χ0v) is 8.99. The Bertz CT molecular complexity index is 331. The summed E-state index contributed by atoms with van der Waals surface area (Å²) >= 11 is 1.51. The quantitative estimate of drug-likeness (QED) is 0.781. The van der Waals surface area contributed by atoms with E-state index in [-0.39, 0.29) is 5.91 Å². The zero-order valence-electron chi connectivity index (χ0n) is 8.17. The van der Waals surface area contributed by atoms with Gasteiger partial charge in [-0.2, -0.15) is 0 Å². The smallest absolute Gasteiger partial charge is 0.261 e. The number of nitrogens with one attached hydrogen (secondary N) is 2. The summed E-state index contributed by atoms with van der Waals surface area (Å²) in [4.78, 5) is 12.5. The van der Waals surface area contributed by atoms with E-state index in [1.54, 1.807) is 0 Å². The van der Waals surface area contributed by atoms with Crippen LogP contribution in [0.4, 0.5) is 0 Å². The van der Waals surface area contributed by atoms with E-state index >= 15 is 0 Å². The van der Waals surface area contributed by atoms with Gasteiger partial charge in [0.15, 0.2) is 0 Å². The molecule has 0 unspecified atom stereocenters. The maximum absolute atomic E-state index is 11.6. The van der Waals surface area contributed by atoms with Crippen LogP contribution < -0.4 is 10.6 Å². The molecule has 4 heteroatoms. The lowest BCUT2D eigenvalue weighted by atomic mass is 10.0. The summed E-state index contributed by atoms with van der Waals surface area (Å²) in [6, 6.07) is 1.98. The summed E-state index contributed by atoms with van der Waals surface area (Å²) in [7, 11) is 0. The molecule has 0 spiro atoms. The fourth-order valence-corrected chi connectivity index (χ4v) is 2.26. The van der Waals surface area contributed by atoms with E-state index in [0.717, 1.165) is 30.1 Å². The molecule has 3 nitrogen and oxygen atoms in total. The Morgan fingerprint density at radius 1 is 1.71 bits per heavy atom. The molecular formula is C10H14N2OS. The number of aryl methyl sites for hydroxylation is 1. The Morgan fingerprint density at radius 3 is 3.00 bits per heavy atom. The first-order valence-corrected chi connectivity index (χ1v) is 5.68. The summed E-state index contributed by atoms with van der Waals surface area (Å²) in [6.07, 6.45) is 0. The van der Waals surface area contributed by atoms with Crippen LogP contribution in [0.1, 0.15) is 15.2 Å². The first-order valence-electron chi connectivity index (χ1n) is 4.80. The molecule has 76 valence electrons. The van der Waals surface area contributed by atoms with E-state index in [1.807, 2.05) is 18.4 Å². The van der Waals surface area contributed by atoms with Crippen LogP contribution >= 0.6 is 11.3 Å². The number of amides is 1. The first-order chi connectivity index (χ1) is 6.77. The maximum Gasteiger partial charge on any atom is 0.261 e. The van der Waals surface area contributed by atoms with E-state index in [0.29, 0.717) is 5.92 Å². The van der Waals surface area contributed by atoms with E-state index in [1.165, 1.54) is 11.3 Å². The standard InChI is InChI=1S/C10H14N2OS/c1-7-2-3-14-9(7)10(13)12-6-8-4-11-5-8/h2-3,8,11H,4-6H2,1H3,(H,12,13). The number of hydrogen-bond donors (Lipinski definition) is 2. The number of thiophene rings is 1. The summed E-state index contributed by atoms with van der Waals surface area (Å²) < 4.78 is 0. The van der Waals surface area contributed by atoms with Crippen LogP contribution in [0.25, 0.3) is 0 Å². The number of carbonyl (C=O) groups is 1. The van der Waals surface area contributed by atoms with Crippen molar-refractivity contribution < 1.29 is 4.79 Å². The molecule has 0 saturated carbocycles. The van der Waals surface area contributed by atoms with Gasteiger partial charge in [-0.15, -0.1) is 11.3 Å². The summed E-state index contributed by atoms with van der Waals surface area (Å²) in [5.74, 6) is 0.698. The van der Waals surface area contributed by atoms with Crippen LogP contribution in [-0.4, -0.2) is 25.5 Å². The molecule has 0 aliphatic carbocycles. The second-order valence-electron chi connectivity index (χ2n) is 3.67. The van der Waals surface area contributed by atoms with Crippen molar-refractivity contribution in [3.63, 3.8) is 0 Å². The molecular weight excluding hydrogens is 196 g/mol. The van der Waals surface area contributed by atoms with Gasteiger partial charge in [0, 0.05) is 25.6 Å². The summed E-state index contributed by atoms with van der Waals surface area (Å²) in [5.41, 5.74) is 1.07. The molecule has 1 saturated heterocycles. The Balaban J connectivity index is 1.86. The molecule has 2 N–H and O–H groups in total. The molecule has 0 bridgehead atoms. The van der Waals surface area contributed by atoms with E-state index in [4.69, 9.17) is 0 Å². The molecule has 0 aromatic carbocycles. The largest absolute Gasteiger partial charge is 0.351 e. The van der Waals surface area contributed by atoms with Gasteiger partial charge < -0.3 is 10.6 Å². The van der Waals surface area contributed by atoms with Crippen LogP contribution in [0.15, 0.2) is 11.4 Å². The van der Waals surface area contributed by atoms with Crippen molar-refractivity contribution in [2.75, 3.05) is 19.6 Å². The molecule has 1 aliphatic rings. The highest BCUT2D eigenvalue weighted by Crippen LogP contribution is 2.15. The third-order valence-corrected chi connectivity index (χ3v) is 3.50. The van der Waals surface area contributed by atoms with Gasteiger partial charge in [-0.1, -0.05) is 0 Å². The normalized spacial score (nSPS) is 16.4. The minimum Gasteiger partial charge on any atom is -0.351 e. The van der Waals surface area contributed by atoms with E-state index in [9.17, 15) is 4.79 Å². The SMILES string of the molecule is Cc1ccsc1C(=O)NCC1CNC1. The zero-order chi connectivity index (χ0) is 9.97. The Labute approximate surface area is 87.5 Å². The fourth-order valence-electron chi connectivity index (χ4n) is 1.42. The highest BCUT2D eigenvalue weighted by atomic mass is 32.1. The van der Waals surface area contributed by atoms with Gasteiger partial charge in [-0.25, -0.2) is 0 Å². The monoisotopic (exact) mass is 210 g/mol. The van der Waals surface area contributed by atoms with Gasteiger partial charge in [0.1, 0.15) is 0 Å². The Hall–Kier alpha value is -0.870. The Morgan fingerprint density at radius 2 is 2.50 bits per heavy atom. The summed E-state index contributed by atoms with van der Waals surface area (Å²) in [5, 5.41) is 8.10. The predicted octanol–water partition coefficient (Wildman–Crippen LogP) is 1.01. The maximum atomic E-state index is 11.6. The third kappa shape index (κ3) is 1.96. The number of rotatable bonds is 3. The van der Waals surface area contributed by atoms with Crippen molar-refractivity contribution in [2.24, 2.45) is 5.92 Å². The lowest BCUT2D eigenvalue weighted by Crippen LogP contribution is -2.48. The van der Waals surface area contributed by atoms with Gasteiger partial charge in [-0.3, -0.25) is 4.79 Å². The van der Waals surface area contributed by atoms with Gasteiger partial charge >= 0.3 is 0 Å². The molecule has 2 heterocycles. The molecule has 1 aromatic rings. The van der Waals surface area contributed by atoms with Crippen molar-refractivity contribution in [3.8, 4) is 0 Å². The van der Waals surface area contributed by atoms with Crippen molar-refractivity contribution in [2.45, 2.75) is 6.92 Å². The molecule has 1 fully saturated rings. The van der Waals surface area contributed by atoms with Crippen LogP contribution in [0.2, 0.25) is 0 Å². The van der Waals surface area contributed by atoms with Crippen LogP contribution in [0.3, 0.4) is 0 Å². The molecule has 1 aliphatic heterocycles. The number of hydrogen-bond acceptors (Lipinski definition) is 3. The molecule has 1 aromatic heterocycles. The second-order valence-corrected chi connectivity index (χ2v) is 4.58. The average molecular weight is 210 g/mol. The molecule has 1 amide bonds. The van der Waals surface area contributed by atoms with Crippen molar-refractivity contribution in [1.82, 2.24) is 10.6 Å². The van der Waals surface area contributed by atoms with Gasteiger partial charge in [-0.05, 0) is 23.9 Å². The van der Waals surface area contributed by atoms with Crippen LogP contribution in [-0.2, 0) is 0 Å². The van der Waals surface area contributed by atoms with Gasteiger partial charge in [0.25, 0.3) is 5.91 Å². The third-order valence-electron chi connectivity index (χ3n) is 2.49. The highest BCUT2D eigenvalue weighted by Gasteiger charge is 2.18. The lowest BCUT2D eigenvalue weighted by Gasteiger charge is -2.26. The van der Waals surface area contributed by atoms with E-state index < -0.39 is 0 Å². The first kappa shape index (κ1) is 9.68. The lowest BCUT2D eigenvalue weighted by molar-refractivity contribution is 0.0946. The molecule has 14 heavy (non-hydrogen) atoms. The predicted molar refractivity (Wildman–Crippen MR) is 57.7 cm³/mol. The number of carbonyl (C=O) groups excluding carboxylic acids is 1. The van der Waals surface area contributed by atoms with Crippen molar-refractivity contribution in [3.05, 3.63) is 21.9 Å². The van der Waals surface area contributed by atoms with Crippen LogP contribution in [0.5, 0.6) is 0 Å². The van der Waals surface area contributed by atoms with Crippen LogP contribution in [0, 0.1) is 12.8 Å². The molecule has 2 rings (SSSR count). The summed E-state index contributed by atoms with van der Waals surface area (Å²) in [6.45, 7) is 4.83. The van der Waals surface area contributed by atoms with Gasteiger partial charge in [0.2, 0.25) is 0 Å².